The molecule has 1 aliphatic heterocycles. The van der Waals surface area contributed by atoms with Gasteiger partial charge in [-0.25, -0.2) is 8.42 Å². The van der Waals surface area contributed by atoms with Crippen LogP contribution in [0.25, 0.3) is 0 Å². The van der Waals surface area contributed by atoms with Crippen molar-refractivity contribution < 1.29 is 13.3 Å². The SMILES string of the molecule is CC(C)C1CCC(C)N1S(=O)(=O)c1ccccc1[N+](=O)[O-]. The van der Waals surface area contributed by atoms with Gasteiger partial charge < -0.3 is 0 Å². The summed E-state index contributed by atoms with van der Waals surface area (Å²) in [5.74, 6) is 0.174. The lowest BCUT2D eigenvalue weighted by Gasteiger charge is -2.29. The lowest BCUT2D eigenvalue weighted by atomic mass is 10.0. The standard InChI is InChI=1S/C14H20N2O4S/c1-10(2)12-9-8-11(3)15(12)21(19,20)14-7-5-4-6-13(14)16(17)18/h4-7,10-12H,8-9H2,1-3H3. The summed E-state index contributed by atoms with van der Waals surface area (Å²) < 4.78 is 27.3. The van der Waals surface area contributed by atoms with Crippen LogP contribution in [0.15, 0.2) is 29.2 Å². The van der Waals surface area contributed by atoms with E-state index in [9.17, 15) is 18.5 Å². The molecule has 2 rings (SSSR count). The zero-order valence-corrected chi connectivity index (χ0v) is 13.2. The average molecular weight is 312 g/mol. The van der Waals surface area contributed by atoms with Gasteiger partial charge >= 0.3 is 0 Å². The molecule has 2 atom stereocenters. The Balaban J connectivity index is 2.54. The maximum Gasteiger partial charge on any atom is 0.289 e. The highest BCUT2D eigenvalue weighted by atomic mass is 32.2. The maximum absolute atomic E-state index is 12.9. The van der Waals surface area contributed by atoms with E-state index in [1.807, 2.05) is 20.8 Å². The van der Waals surface area contributed by atoms with Crippen molar-refractivity contribution in [3.05, 3.63) is 34.4 Å². The molecule has 0 saturated carbocycles. The molecule has 0 radical (unpaired) electrons. The van der Waals surface area contributed by atoms with Crippen molar-refractivity contribution in [1.82, 2.24) is 4.31 Å². The van der Waals surface area contributed by atoms with Gasteiger partial charge in [-0.3, -0.25) is 10.1 Å². The summed E-state index contributed by atoms with van der Waals surface area (Å²) in [6.45, 7) is 5.81. The van der Waals surface area contributed by atoms with Crippen LogP contribution in [0.5, 0.6) is 0 Å². The molecule has 116 valence electrons. The van der Waals surface area contributed by atoms with Gasteiger partial charge in [0.2, 0.25) is 10.0 Å². The van der Waals surface area contributed by atoms with Crippen LogP contribution in [0.1, 0.15) is 33.6 Å². The summed E-state index contributed by atoms with van der Waals surface area (Å²) in [7, 11) is -3.87. The predicted molar refractivity (Wildman–Crippen MR) is 79.4 cm³/mol. The van der Waals surface area contributed by atoms with Crippen molar-refractivity contribution in [3.8, 4) is 0 Å². The first-order chi connectivity index (χ1) is 9.76. The van der Waals surface area contributed by atoms with Crippen LogP contribution in [-0.2, 0) is 10.0 Å². The molecule has 1 aromatic carbocycles. The third kappa shape index (κ3) is 2.80. The highest BCUT2D eigenvalue weighted by molar-refractivity contribution is 7.89. The van der Waals surface area contributed by atoms with Gasteiger partial charge in [0.25, 0.3) is 5.69 Å². The number of nitro benzene ring substituents is 1. The van der Waals surface area contributed by atoms with E-state index in [1.54, 1.807) is 0 Å². The molecule has 6 nitrogen and oxygen atoms in total. The molecule has 2 unspecified atom stereocenters. The molecular formula is C14H20N2O4S. The number of hydrogen-bond donors (Lipinski definition) is 0. The predicted octanol–water partition coefficient (Wildman–Crippen LogP) is 2.79. The molecule has 1 saturated heterocycles. The maximum atomic E-state index is 12.9. The van der Waals surface area contributed by atoms with Crippen molar-refractivity contribution in [1.29, 1.82) is 0 Å². The lowest BCUT2D eigenvalue weighted by Crippen LogP contribution is -2.42. The molecule has 1 heterocycles. The van der Waals surface area contributed by atoms with Gasteiger partial charge in [-0.1, -0.05) is 26.0 Å². The molecule has 1 aliphatic rings. The number of hydrogen-bond acceptors (Lipinski definition) is 4. The lowest BCUT2D eigenvalue weighted by molar-refractivity contribution is -0.387. The quantitative estimate of drug-likeness (QED) is 0.632. The van der Waals surface area contributed by atoms with Gasteiger partial charge in [-0.05, 0) is 31.7 Å². The fourth-order valence-electron chi connectivity index (χ4n) is 2.98. The molecule has 1 fully saturated rings. The normalized spacial score (nSPS) is 23.6. The molecule has 7 heteroatoms. The first-order valence-corrected chi connectivity index (χ1v) is 8.47. The topological polar surface area (TPSA) is 80.5 Å². The van der Waals surface area contributed by atoms with E-state index in [4.69, 9.17) is 0 Å². The minimum absolute atomic E-state index is 0.107. The van der Waals surface area contributed by atoms with Gasteiger partial charge in [-0.2, -0.15) is 4.31 Å². The number of sulfonamides is 1. The zero-order valence-electron chi connectivity index (χ0n) is 12.4. The minimum atomic E-state index is -3.87. The smallest absolute Gasteiger partial charge is 0.258 e. The number of para-hydroxylation sites is 1. The Bertz CT molecular complexity index is 642. The third-order valence-corrected chi connectivity index (χ3v) is 6.12. The first-order valence-electron chi connectivity index (χ1n) is 7.03. The summed E-state index contributed by atoms with van der Waals surface area (Å²) >= 11 is 0. The number of nitrogens with zero attached hydrogens (tertiary/aromatic N) is 2. The van der Waals surface area contributed by atoms with Crippen molar-refractivity contribution in [3.63, 3.8) is 0 Å². The first kappa shape index (κ1) is 15.9. The van der Waals surface area contributed by atoms with E-state index < -0.39 is 14.9 Å². The Labute approximate surface area is 125 Å². The molecule has 0 aromatic heterocycles. The van der Waals surface area contributed by atoms with Crippen LogP contribution in [-0.4, -0.2) is 29.7 Å². The summed E-state index contributed by atoms with van der Waals surface area (Å²) in [4.78, 5) is 10.2. The molecule has 0 amide bonds. The van der Waals surface area contributed by atoms with Gasteiger partial charge in [0.05, 0.1) is 4.92 Å². The van der Waals surface area contributed by atoms with E-state index in [-0.39, 0.29) is 28.6 Å². The Kier molecular flexibility index (Phi) is 4.34. The summed E-state index contributed by atoms with van der Waals surface area (Å²) in [5.41, 5.74) is -0.362. The fourth-order valence-corrected chi connectivity index (χ4v) is 5.14. The molecule has 0 aliphatic carbocycles. The Morgan fingerprint density at radius 2 is 1.90 bits per heavy atom. The summed E-state index contributed by atoms with van der Waals surface area (Å²) in [6.07, 6.45) is 1.57. The van der Waals surface area contributed by atoms with Gasteiger partial charge in [-0.15, -0.1) is 0 Å². The van der Waals surface area contributed by atoms with Gasteiger partial charge in [0.15, 0.2) is 4.90 Å². The van der Waals surface area contributed by atoms with Crippen molar-refractivity contribution in [2.24, 2.45) is 5.92 Å². The molecule has 0 spiro atoms. The van der Waals surface area contributed by atoms with Crippen LogP contribution in [0, 0.1) is 16.0 Å². The van der Waals surface area contributed by atoms with Crippen LogP contribution < -0.4 is 0 Å². The fraction of sp³-hybridized carbons (Fsp3) is 0.571. The molecule has 21 heavy (non-hydrogen) atoms. The monoisotopic (exact) mass is 312 g/mol. The van der Waals surface area contributed by atoms with Crippen LogP contribution in [0.3, 0.4) is 0 Å². The second-order valence-electron chi connectivity index (χ2n) is 5.80. The molecule has 1 aromatic rings. The minimum Gasteiger partial charge on any atom is -0.258 e. The Morgan fingerprint density at radius 1 is 1.29 bits per heavy atom. The molecule has 0 N–H and O–H groups in total. The van der Waals surface area contributed by atoms with Crippen molar-refractivity contribution in [2.45, 2.75) is 50.6 Å². The van der Waals surface area contributed by atoms with Crippen molar-refractivity contribution >= 4 is 15.7 Å². The second kappa shape index (κ2) is 5.73. The van der Waals surface area contributed by atoms with E-state index >= 15 is 0 Å². The van der Waals surface area contributed by atoms with Crippen LogP contribution in [0.4, 0.5) is 5.69 Å². The highest BCUT2D eigenvalue weighted by Gasteiger charge is 2.43. The van der Waals surface area contributed by atoms with E-state index in [2.05, 4.69) is 0 Å². The van der Waals surface area contributed by atoms with E-state index in [1.165, 1.54) is 28.6 Å². The van der Waals surface area contributed by atoms with Gasteiger partial charge in [0.1, 0.15) is 0 Å². The average Bonchev–Trinajstić information content (AvgIpc) is 2.81. The largest absolute Gasteiger partial charge is 0.289 e. The number of rotatable bonds is 4. The van der Waals surface area contributed by atoms with E-state index in [0.717, 1.165) is 12.8 Å². The number of nitro groups is 1. The number of benzene rings is 1. The molecule has 0 bridgehead atoms. The van der Waals surface area contributed by atoms with Crippen LogP contribution >= 0.6 is 0 Å². The zero-order chi connectivity index (χ0) is 15.8. The summed E-state index contributed by atoms with van der Waals surface area (Å²) in [6, 6.07) is 5.30. The van der Waals surface area contributed by atoms with Crippen molar-refractivity contribution in [2.75, 3.05) is 0 Å². The highest BCUT2D eigenvalue weighted by Crippen LogP contribution is 2.36. The molecular weight excluding hydrogens is 292 g/mol. The third-order valence-electron chi connectivity index (χ3n) is 4.03. The summed E-state index contributed by atoms with van der Waals surface area (Å²) in [5, 5.41) is 11.1. The van der Waals surface area contributed by atoms with E-state index in [0.29, 0.717) is 0 Å². The van der Waals surface area contributed by atoms with Gasteiger partial charge in [0, 0.05) is 18.2 Å². The van der Waals surface area contributed by atoms with Crippen LogP contribution in [0.2, 0.25) is 0 Å². The Morgan fingerprint density at radius 3 is 2.48 bits per heavy atom. The Hall–Kier alpha value is -1.47. The second-order valence-corrected chi connectivity index (χ2v) is 7.61.